The molecular weight excluding hydrogens is 292 g/mol. The van der Waals surface area contributed by atoms with Gasteiger partial charge < -0.3 is 9.64 Å². The molecule has 1 saturated heterocycles. The third-order valence-corrected chi connectivity index (χ3v) is 3.96. The van der Waals surface area contributed by atoms with E-state index in [9.17, 15) is 21.5 Å². The van der Waals surface area contributed by atoms with E-state index in [0.29, 0.717) is 0 Å². The Morgan fingerprint density at radius 1 is 1.45 bits per heavy atom. The van der Waals surface area contributed by atoms with Crippen molar-refractivity contribution in [3.05, 3.63) is 24.0 Å². The van der Waals surface area contributed by atoms with Crippen LogP contribution in [0.2, 0.25) is 0 Å². The second-order valence-corrected chi connectivity index (χ2v) is 5.98. The van der Waals surface area contributed by atoms with Gasteiger partial charge in [0.05, 0.1) is 18.6 Å². The number of halogens is 2. The van der Waals surface area contributed by atoms with Crippen molar-refractivity contribution >= 4 is 21.8 Å². The molecule has 1 aliphatic rings. The van der Waals surface area contributed by atoms with Gasteiger partial charge in [0.1, 0.15) is 0 Å². The van der Waals surface area contributed by atoms with Crippen LogP contribution in [0.3, 0.4) is 0 Å². The Kier molecular flexibility index (Phi) is 3.94. The number of methoxy groups -OCH3 is 1. The van der Waals surface area contributed by atoms with Gasteiger partial charge in [0.15, 0.2) is 11.6 Å². The Morgan fingerprint density at radius 2 is 2.15 bits per heavy atom. The van der Waals surface area contributed by atoms with E-state index in [1.807, 2.05) is 0 Å². The Morgan fingerprint density at radius 3 is 2.75 bits per heavy atom. The van der Waals surface area contributed by atoms with Gasteiger partial charge in [-0.2, -0.15) is 8.42 Å². The Bertz CT molecular complexity index is 632. The lowest BCUT2D eigenvalue weighted by Gasteiger charge is -2.18. The maximum atomic E-state index is 14.1. The summed E-state index contributed by atoms with van der Waals surface area (Å²) in [6, 6.07) is 4.31. The number of rotatable bonds is 4. The van der Waals surface area contributed by atoms with Gasteiger partial charge in [0, 0.05) is 18.9 Å². The summed E-state index contributed by atoms with van der Waals surface area (Å²) in [5.74, 6) is -2.57. The van der Waals surface area contributed by atoms with Crippen LogP contribution in [0.25, 0.3) is 0 Å². The van der Waals surface area contributed by atoms with Crippen molar-refractivity contribution in [2.45, 2.75) is 6.42 Å². The summed E-state index contributed by atoms with van der Waals surface area (Å²) >= 11 is 0. The molecule has 0 aromatic heterocycles. The van der Waals surface area contributed by atoms with E-state index in [1.165, 1.54) is 25.3 Å². The van der Waals surface area contributed by atoms with E-state index in [2.05, 4.69) is 0 Å². The van der Waals surface area contributed by atoms with E-state index in [4.69, 9.17) is 4.74 Å². The van der Waals surface area contributed by atoms with Crippen molar-refractivity contribution < 1.29 is 26.2 Å². The van der Waals surface area contributed by atoms with Crippen LogP contribution < -0.4 is 9.64 Å². The van der Waals surface area contributed by atoms with Crippen LogP contribution in [0, 0.1) is 11.7 Å². The molecule has 0 radical (unpaired) electrons. The number of nitrogens with zero attached hydrogens (tertiary/aromatic N) is 1. The van der Waals surface area contributed by atoms with E-state index in [-0.39, 0.29) is 24.4 Å². The first-order valence-electron chi connectivity index (χ1n) is 5.87. The average Bonchev–Trinajstić information content (AvgIpc) is 2.68. The van der Waals surface area contributed by atoms with Crippen LogP contribution in [0.15, 0.2) is 18.2 Å². The summed E-state index contributed by atoms with van der Waals surface area (Å²) in [5, 5.41) is 0. The Labute approximate surface area is 115 Å². The maximum Gasteiger partial charge on any atom is 0.302 e. The number of benzene rings is 1. The molecule has 20 heavy (non-hydrogen) atoms. The molecule has 1 heterocycles. The van der Waals surface area contributed by atoms with Crippen molar-refractivity contribution in [2.75, 3.05) is 24.3 Å². The number of amides is 1. The second-order valence-electron chi connectivity index (χ2n) is 4.57. The fourth-order valence-corrected chi connectivity index (χ4v) is 3.06. The number of carbonyl (C=O) groups is 1. The summed E-state index contributed by atoms with van der Waals surface area (Å²) in [4.78, 5) is 12.9. The van der Waals surface area contributed by atoms with Crippen LogP contribution in [0.1, 0.15) is 6.42 Å². The van der Waals surface area contributed by atoms with Crippen LogP contribution in [0.5, 0.6) is 5.75 Å². The minimum absolute atomic E-state index is 0.00751. The third-order valence-electron chi connectivity index (χ3n) is 3.09. The molecule has 0 saturated carbocycles. The molecule has 1 aromatic rings. The molecule has 1 fully saturated rings. The first-order valence-corrected chi connectivity index (χ1v) is 7.42. The average molecular weight is 305 g/mol. The lowest BCUT2D eigenvalue weighted by molar-refractivity contribution is -0.117. The summed E-state index contributed by atoms with van der Waals surface area (Å²) in [5.41, 5.74) is 0.00751. The smallest absolute Gasteiger partial charge is 0.302 e. The third kappa shape index (κ3) is 3.06. The van der Waals surface area contributed by atoms with E-state index < -0.39 is 33.6 Å². The van der Waals surface area contributed by atoms with Crippen molar-refractivity contribution in [3.8, 4) is 5.75 Å². The summed E-state index contributed by atoms with van der Waals surface area (Å²) in [6.07, 6.45) is -0.125. The van der Waals surface area contributed by atoms with E-state index in [0.717, 1.165) is 4.90 Å². The molecule has 1 aromatic carbocycles. The number of hydrogen-bond acceptors (Lipinski definition) is 4. The van der Waals surface area contributed by atoms with Crippen molar-refractivity contribution in [2.24, 2.45) is 5.92 Å². The van der Waals surface area contributed by atoms with Crippen LogP contribution in [0.4, 0.5) is 14.0 Å². The molecule has 2 rings (SSSR count). The topological polar surface area (TPSA) is 63.7 Å². The number of hydrogen-bond donors (Lipinski definition) is 0. The minimum Gasteiger partial charge on any atom is -0.494 e. The first kappa shape index (κ1) is 14.7. The van der Waals surface area contributed by atoms with E-state index in [1.54, 1.807) is 0 Å². The standard InChI is InChI=1S/C12H13F2NO4S/c1-19-10-4-2-3-9(12(10)13)15-6-8(5-11(15)16)7-20(14,17)18/h2-4,8H,5-7H2,1H3. The maximum absolute atomic E-state index is 14.1. The van der Waals surface area contributed by atoms with Gasteiger partial charge in [0.25, 0.3) is 0 Å². The molecule has 1 aliphatic heterocycles. The largest absolute Gasteiger partial charge is 0.494 e. The molecule has 0 N–H and O–H groups in total. The van der Waals surface area contributed by atoms with Crippen molar-refractivity contribution in [1.29, 1.82) is 0 Å². The van der Waals surface area contributed by atoms with Gasteiger partial charge in [-0.3, -0.25) is 4.79 Å². The molecule has 0 spiro atoms. The summed E-state index contributed by atoms with van der Waals surface area (Å²) in [7, 11) is -3.36. The van der Waals surface area contributed by atoms with Gasteiger partial charge >= 0.3 is 10.2 Å². The van der Waals surface area contributed by atoms with Crippen molar-refractivity contribution in [3.63, 3.8) is 0 Å². The Hall–Kier alpha value is -1.70. The predicted molar refractivity (Wildman–Crippen MR) is 68.3 cm³/mol. The zero-order valence-corrected chi connectivity index (χ0v) is 11.5. The lowest BCUT2D eigenvalue weighted by atomic mass is 10.1. The van der Waals surface area contributed by atoms with Gasteiger partial charge in [-0.05, 0) is 12.1 Å². The van der Waals surface area contributed by atoms with Crippen LogP contribution in [-0.4, -0.2) is 33.7 Å². The monoisotopic (exact) mass is 305 g/mol. The van der Waals surface area contributed by atoms with Gasteiger partial charge in [-0.25, -0.2) is 4.39 Å². The van der Waals surface area contributed by atoms with Gasteiger partial charge in [0.2, 0.25) is 5.91 Å². The SMILES string of the molecule is COc1cccc(N2CC(CS(=O)(=O)F)CC2=O)c1F. The first-order chi connectivity index (χ1) is 9.31. The highest BCUT2D eigenvalue weighted by molar-refractivity contribution is 7.86. The molecule has 1 atom stereocenters. The Balaban J connectivity index is 2.24. The second kappa shape index (κ2) is 5.35. The zero-order chi connectivity index (χ0) is 14.9. The molecular formula is C12H13F2NO4S. The highest BCUT2D eigenvalue weighted by Crippen LogP contribution is 2.32. The number of carbonyl (C=O) groups excluding carboxylic acids is 1. The van der Waals surface area contributed by atoms with Gasteiger partial charge in [-0.15, -0.1) is 3.89 Å². The molecule has 0 bridgehead atoms. The predicted octanol–water partition coefficient (Wildman–Crippen LogP) is 1.49. The van der Waals surface area contributed by atoms with Gasteiger partial charge in [-0.1, -0.05) is 6.07 Å². The van der Waals surface area contributed by atoms with Crippen LogP contribution in [-0.2, 0) is 15.0 Å². The highest BCUT2D eigenvalue weighted by Gasteiger charge is 2.35. The van der Waals surface area contributed by atoms with E-state index >= 15 is 0 Å². The molecule has 8 heteroatoms. The van der Waals surface area contributed by atoms with Crippen molar-refractivity contribution in [1.82, 2.24) is 0 Å². The minimum atomic E-state index is -4.66. The quantitative estimate of drug-likeness (QED) is 0.791. The lowest BCUT2D eigenvalue weighted by Crippen LogP contribution is -2.26. The molecule has 0 aliphatic carbocycles. The normalized spacial score (nSPS) is 19.4. The summed E-state index contributed by atoms with van der Waals surface area (Å²) in [6.45, 7) is -0.0356. The molecule has 1 amide bonds. The fourth-order valence-electron chi connectivity index (χ4n) is 2.27. The van der Waals surface area contributed by atoms with Crippen LogP contribution >= 0.6 is 0 Å². The summed E-state index contributed by atoms with van der Waals surface area (Å²) < 4.78 is 52.7. The highest BCUT2D eigenvalue weighted by atomic mass is 32.3. The molecule has 5 nitrogen and oxygen atoms in total. The molecule has 110 valence electrons. The molecule has 1 unspecified atom stereocenters. The number of anilines is 1. The fraction of sp³-hybridized carbons (Fsp3) is 0.417. The number of ether oxygens (including phenoxy) is 1. The zero-order valence-electron chi connectivity index (χ0n) is 10.7.